The SMILES string of the molecule is COc1cc(OC)nc(NC(=O)[N-]S(=O)(=O)Oc2ccccc2C(=O)OCC(F)(F)F)n1.[Na+]. The number of ether oxygens (including phenoxy) is 3. The van der Waals surface area contributed by atoms with Crippen molar-refractivity contribution in [2.75, 3.05) is 26.1 Å². The monoisotopic (exact) mass is 502 g/mol. The maximum Gasteiger partial charge on any atom is 1.00 e. The Kier molecular flexibility index (Phi) is 10.1. The van der Waals surface area contributed by atoms with Gasteiger partial charge < -0.3 is 23.7 Å². The van der Waals surface area contributed by atoms with Gasteiger partial charge in [0.2, 0.25) is 11.8 Å². The Balaban J connectivity index is 0.00000544. The van der Waals surface area contributed by atoms with E-state index in [0.29, 0.717) is 0 Å². The summed E-state index contributed by atoms with van der Waals surface area (Å²) in [7, 11) is -2.48. The number of carbonyl (C=O) groups is 2. The summed E-state index contributed by atoms with van der Waals surface area (Å²) in [6.45, 7) is -1.90. The van der Waals surface area contributed by atoms with Crippen molar-refractivity contribution in [1.82, 2.24) is 9.97 Å². The van der Waals surface area contributed by atoms with E-state index in [2.05, 4.69) is 23.6 Å². The van der Waals surface area contributed by atoms with Crippen LogP contribution in [0.1, 0.15) is 10.4 Å². The van der Waals surface area contributed by atoms with Gasteiger partial charge in [0.05, 0.1) is 20.3 Å². The minimum absolute atomic E-state index is 0. The molecule has 33 heavy (non-hydrogen) atoms. The molecule has 0 aliphatic heterocycles. The molecule has 0 fully saturated rings. The average Bonchev–Trinajstić information content (AvgIpc) is 2.70. The number of halogens is 3. The molecule has 0 radical (unpaired) electrons. The number of hydrogen-bond acceptors (Lipinski definition) is 10. The number of esters is 1. The van der Waals surface area contributed by atoms with E-state index in [4.69, 9.17) is 9.47 Å². The summed E-state index contributed by atoms with van der Waals surface area (Å²) in [6, 6.07) is 4.15. The molecule has 0 bridgehead atoms. The molecule has 2 amide bonds. The van der Waals surface area contributed by atoms with Crippen LogP contribution in [0.4, 0.5) is 23.9 Å². The molecule has 2 aromatic rings. The minimum Gasteiger partial charge on any atom is -0.481 e. The maximum atomic E-state index is 12.2. The van der Waals surface area contributed by atoms with Crippen molar-refractivity contribution in [2.24, 2.45) is 0 Å². The van der Waals surface area contributed by atoms with Crippen LogP contribution in [0.3, 0.4) is 0 Å². The van der Waals surface area contributed by atoms with Crippen LogP contribution < -0.4 is 48.5 Å². The predicted molar refractivity (Wildman–Crippen MR) is 99.8 cm³/mol. The van der Waals surface area contributed by atoms with Crippen LogP contribution in [0, 0.1) is 0 Å². The molecule has 12 nitrogen and oxygen atoms in total. The molecule has 0 saturated heterocycles. The third-order valence-corrected chi connectivity index (χ3v) is 3.96. The van der Waals surface area contributed by atoms with Crippen molar-refractivity contribution in [2.45, 2.75) is 6.18 Å². The number of nitrogens with one attached hydrogen (secondary N) is 1. The van der Waals surface area contributed by atoms with Gasteiger partial charge in [0.1, 0.15) is 5.56 Å². The quantitative estimate of drug-likeness (QED) is 0.367. The molecular weight excluding hydrogens is 488 g/mol. The van der Waals surface area contributed by atoms with Crippen molar-refractivity contribution < 1.29 is 79.1 Å². The molecule has 17 heteroatoms. The van der Waals surface area contributed by atoms with E-state index in [1.165, 1.54) is 32.4 Å². The van der Waals surface area contributed by atoms with E-state index in [-0.39, 0.29) is 41.3 Å². The van der Waals surface area contributed by atoms with Gasteiger partial charge in [-0.1, -0.05) is 12.1 Å². The minimum atomic E-state index is -5.02. The standard InChI is InChI=1S/C16H15F3N4O8S.Na/c1-28-11-7-12(29-2)21-14(20-11)22-15(25)23-32(26,27)31-10-6-4-3-5-9(10)13(24)30-8-16(17,18)19;/h3-7H,8H2,1-2H3,(H2,20,21,22,23,25);/q;+1/p-1. The Morgan fingerprint density at radius 1 is 1.09 bits per heavy atom. The topological polar surface area (TPSA) is 157 Å². The first-order valence-corrected chi connectivity index (χ1v) is 9.57. The van der Waals surface area contributed by atoms with Gasteiger partial charge in [-0.25, -0.2) is 4.79 Å². The largest absolute Gasteiger partial charge is 1.00 e. The fraction of sp³-hybridized carbons (Fsp3) is 0.250. The molecule has 0 spiro atoms. The number of nitrogens with zero attached hydrogens (tertiary/aromatic N) is 3. The van der Waals surface area contributed by atoms with E-state index in [1.807, 2.05) is 5.32 Å². The molecular formula is C16H14F3N4NaO8S. The number of para-hydroxylation sites is 1. The van der Waals surface area contributed by atoms with Crippen LogP contribution in [-0.2, 0) is 15.0 Å². The molecule has 0 atom stereocenters. The van der Waals surface area contributed by atoms with Crippen LogP contribution in [0.2, 0.25) is 0 Å². The number of alkyl halides is 3. The van der Waals surface area contributed by atoms with Gasteiger partial charge in [-0.2, -0.15) is 31.6 Å². The van der Waals surface area contributed by atoms with Gasteiger partial charge in [0, 0.05) is 0 Å². The Hall–Kier alpha value is -2.82. The van der Waals surface area contributed by atoms with E-state index >= 15 is 0 Å². The zero-order valence-electron chi connectivity index (χ0n) is 17.2. The Bertz CT molecular complexity index is 1080. The van der Waals surface area contributed by atoms with Crippen LogP contribution >= 0.6 is 0 Å². The zero-order valence-corrected chi connectivity index (χ0v) is 20.1. The van der Waals surface area contributed by atoms with Crippen molar-refractivity contribution in [1.29, 1.82) is 0 Å². The van der Waals surface area contributed by atoms with Crippen LogP contribution in [0.25, 0.3) is 4.72 Å². The Labute approximate surface area is 207 Å². The number of aromatic nitrogens is 2. The first-order chi connectivity index (χ1) is 14.9. The number of amides is 2. The molecule has 1 aromatic carbocycles. The number of anilines is 1. The van der Waals surface area contributed by atoms with Crippen molar-refractivity contribution in [3.05, 3.63) is 40.6 Å². The second-order valence-corrected chi connectivity index (χ2v) is 6.70. The summed E-state index contributed by atoms with van der Waals surface area (Å²) in [4.78, 5) is 31.2. The summed E-state index contributed by atoms with van der Waals surface area (Å²) in [5.74, 6) is -2.67. The molecule has 0 aliphatic rings. The van der Waals surface area contributed by atoms with Crippen molar-refractivity contribution in [3.63, 3.8) is 0 Å². The molecule has 1 aromatic heterocycles. The van der Waals surface area contributed by atoms with Gasteiger partial charge in [0.15, 0.2) is 24.3 Å². The van der Waals surface area contributed by atoms with Gasteiger partial charge in [-0.3, -0.25) is 9.52 Å². The molecule has 0 unspecified atom stereocenters. The molecule has 0 aliphatic carbocycles. The number of hydrogen-bond donors (Lipinski definition) is 1. The molecule has 2 rings (SSSR count). The number of methoxy groups -OCH3 is 2. The second kappa shape index (κ2) is 11.9. The summed E-state index contributed by atoms with van der Waals surface area (Å²) < 4.78 is 82.0. The molecule has 1 N–H and O–H groups in total. The van der Waals surface area contributed by atoms with E-state index in [9.17, 15) is 31.2 Å². The fourth-order valence-electron chi connectivity index (χ4n) is 1.95. The van der Waals surface area contributed by atoms with E-state index < -0.39 is 52.3 Å². The number of urea groups is 1. The fourth-order valence-corrected chi connectivity index (χ4v) is 2.61. The first kappa shape index (κ1) is 28.2. The molecule has 1 heterocycles. The Morgan fingerprint density at radius 3 is 2.21 bits per heavy atom. The normalized spacial score (nSPS) is 10.9. The number of carbonyl (C=O) groups excluding carboxylic acids is 2. The number of rotatable bonds is 8. The summed E-state index contributed by atoms with van der Waals surface area (Å²) in [5, 5.41) is 1.94. The maximum absolute atomic E-state index is 12.2. The number of benzene rings is 1. The average molecular weight is 502 g/mol. The van der Waals surface area contributed by atoms with Crippen LogP contribution in [0.5, 0.6) is 17.5 Å². The summed E-state index contributed by atoms with van der Waals surface area (Å²) in [5.41, 5.74) is -0.642. The zero-order chi connectivity index (χ0) is 23.9. The first-order valence-electron chi connectivity index (χ1n) is 8.21. The third-order valence-electron chi connectivity index (χ3n) is 3.18. The van der Waals surface area contributed by atoms with Gasteiger partial charge in [0.25, 0.3) is 0 Å². The van der Waals surface area contributed by atoms with Crippen LogP contribution in [-0.4, -0.2) is 57.4 Å². The Morgan fingerprint density at radius 2 is 1.67 bits per heavy atom. The van der Waals surface area contributed by atoms with Gasteiger partial charge >= 0.3 is 52.0 Å². The second-order valence-electron chi connectivity index (χ2n) is 5.50. The van der Waals surface area contributed by atoms with Gasteiger partial charge in [-0.15, -0.1) is 0 Å². The summed E-state index contributed by atoms with van der Waals surface area (Å²) >= 11 is 0. The van der Waals surface area contributed by atoms with Crippen LogP contribution in [0.15, 0.2) is 30.3 Å². The predicted octanol–water partition coefficient (Wildman–Crippen LogP) is -0.554. The smallest absolute Gasteiger partial charge is 0.481 e. The van der Waals surface area contributed by atoms with Crippen molar-refractivity contribution >= 4 is 28.3 Å². The van der Waals surface area contributed by atoms with Gasteiger partial charge in [-0.05, 0) is 12.1 Å². The molecule has 174 valence electrons. The van der Waals surface area contributed by atoms with E-state index in [0.717, 1.165) is 12.1 Å². The van der Waals surface area contributed by atoms with Crippen molar-refractivity contribution in [3.8, 4) is 17.5 Å². The molecule has 0 saturated carbocycles. The summed E-state index contributed by atoms with van der Waals surface area (Å²) in [6.07, 6.45) is -4.80. The van der Waals surface area contributed by atoms with E-state index in [1.54, 1.807) is 0 Å². The third kappa shape index (κ3) is 9.29.